The number of fused-ring (bicyclic) bond motifs is 1. The highest BCUT2D eigenvalue weighted by Crippen LogP contribution is 2.33. The molecule has 2 aromatic rings. The fourth-order valence-electron chi connectivity index (χ4n) is 2.65. The smallest absolute Gasteiger partial charge is 0.112 e. The van der Waals surface area contributed by atoms with E-state index in [9.17, 15) is 0 Å². The molecule has 0 unspecified atom stereocenters. The van der Waals surface area contributed by atoms with Crippen molar-refractivity contribution >= 4 is 48.6 Å². The van der Waals surface area contributed by atoms with Crippen LogP contribution in [0.15, 0.2) is 29.0 Å². The summed E-state index contributed by atoms with van der Waals surface area (Å²) in [5.41, 5.74) is 3.20. The number of anilines is 1. The van der Waals surface area contributed by atoms with Crippen LogP contribution in [0, 0.1) is 0 Å². The first-order valence-corrected chi connectivity index (χ1v) is 8.94. The van der Waals surface area contributed by atoms with Crippen LogP contribution in [0.5, 0.6) is 0 Å². The molecule has 2 aromatic heterocycles. The lowest BCUT2D eigenvalue weighted by Crippen LogP contribution is -2.41. The van der Waals surface area contributed by atoms with E-state index in [1.807, 2.05) is 18.5 Å². The maximum Gasteiger partial charge on any atom is 0.112 e. The molecule has 106 valence electrons. The summed E-state index contributed by atoms with van der Waals surface area (Å²) in [4.78, 5) is 11.6. The Bertz CT molecular complexity index is 599. The van der Waals surface area contributed by atoms with Crippen LogP contribution in [0.1, 0.15) is 25.7 Å². The average Bonchev–Trinajstić information content (AvgIpc) is 2.40. The van der Waals surface area contributed by atoms with Gasteiger partial charge in [0, 0.05) is 34.8 Å². The van der Waals surface area contributed by atoms with Gasteiger partial charge < -0.3 is 4.90 Å². The zero-order valence-corrected chi connectivity index (χ0v) is 14.4. The highest BCUT2D eigenvalue weighted by atomic mass is 79.9. The minimum absolute atomic E-state index is 0.671. The van der Waals surface area contributed by atoms with E-state index in [2.05, 4.69) is 52.8 Å². The molecule has 0 atom stereocenters. The van der Waals surface area contributed by atoms with Gasteiger partial charge >= 0.3 is 0 Å². The molecular weight excluding hydrogens is 382 g/mol. The van der Waals surface area contributed by atoms with Gasteiger partial charge in [0.15, 0.2) is 0 Å². The van der Waals surface area contributed by atoms with E-state index in [-0.39, 0.29) is 0 Å². The lowest BCUT2D eigenvalue weighted by Gasteiger charge is -2.39. The van der Waals surface area contributed by atoms with Gasteiger partial charge in [0.25, 0.3) is 0 Å². The van der Waals surface area contributed by atoms with Gasteiger partial charge in [-0.25, -0.2) is 0 Å². The predicted molar refractivity (Wildman–Crippen MR) is 90.6 cm³/mol. The van der Waals surface area contributed by atoms with Crippen LogP contribution in [0.3, 0.4) is 0 Å². The molecule has 0 aromatic carbocycles. The predicted octanol–water partition coefficient (Wildman–Crippen LogP) is 4.54. The summed E-state index contributed by atoms with van der Waals surface area (Å²) in [7, 11) is 0. The normalized spacial score (nSPS) is 15.3. The monoisotopic (exact) mass is 397 g/mol. The molecule has 1 saturated carbocycles. The van der Waals surface area contributed by atoms with Crippen LogP contribution in [-0.2, 0) is 0 Å². The Kier molecular flexibility index (Phi) is 4.56. The van der Waals surface area contributed by atoms with Crippen LogP contribution in [0.2, 0.25) is 0 Å². The van der Waals surface area contributed by atoms with Gasteiger partial charge in [0.1, 0.15) is 5.52 Å². The second kappa shape index (κ2) is 6.39. The largest absolute Gasteiger partial charge is 0.367 e. The van der Waals surface area contributed by atoms with Gasteiger partial charge in [-0.2, -0.15) is 0 Å². The summed E-state index contributed by atoms with van der Waals surface area (Å²) in [6, 6.07) is 4.82. The molecule has 3 rings (SSSR count). The molecule has 0 radical (unpaired) electrons. The molecule has 1 aliphatic carbocycles. The van der Waals surface area contributed by atoms with E-state index in [4.69, 9.17) is 0 Å². The highest BCUT2D eigenvalue weighted by Gasteiger charge is 2.26. The molecule has 1 aliphatic rings. The van der Waals surface area contributed by atoms with Crippen LogP contribution in [0.4, 0.5) is 5.69 Å². The Morgan fingerprint density at radius 2 is 2.15 bits per heavy atom. The van der Waals surface area contributed by atoms with E-state index in [1.165, 1.54) is 24.9 Å². The van der Waals surface area contributed by atoms with Crippen LogP contribution < -0.4 is 4.90 Å². The van der Waals surface area contributed by atoms with Crippen molar-refractivity contribution in [3.63, 3.8) is 0 Å². The molecule has 1 fully saturated rings. The summed E-state index contributed by atoms with van der Waals surface area (Å²) < 4.78 is 0.977. The molecule has 3 nitrogen and oxygen atoms in total. The summed E-state index contributed by atoms with van der Waals surface area (Å²) in [5.74, 6) is 0. The molecule has 2 heterocycles. The van der Waals surface area contributed by atoms with E-state index in [0.29, 0.717) is 6.04 Å². The van der Waals surface area contributed by atoms with Gasteiger partial charge in [0.05, 0.1) is 11.2 Å². The van der Waals surface area contributed by atoms with E-state index in [1.54, 1.807) is 0 Å². The topological polar surface area (TPSA) is 29.0 Å². The number of aromatic nitrogens is 2. The molecule has 0 amide bonds. The number of pyridine rings is 2. The van der Waals surface area contributed by atoms with Crippen molar-refractivity contribution in [3.05, 3.63) is 29.0 Å². The van der Waals surface area contributed by atoms with Gasteiger partial charge in [-0.3, -0.25) is 9.97 Å². The lowest BCUT2D eigenvalue weighted by molar-refractivity contribution is 0.386. The highest BCUT2D eigenvalue weighted by molar-refractivity contribution is 9.10. The molecule has 0 saturated heterocycles. The van der Waals surface area contributed by atoms with Crippen molar-refractivity contribution in [2.45, 2.75) is 31.7 Å². The number of hydrogen-bond acceptors (Lipinski definition) is 3. The third-order valence-corrected chi connectivity index (χ3v) is 4.87. The fourth-order valence-corrected chi connectivity index (χ4v) is 3.22. The second-order valence-electron chi connectivity index (χ2n) is 5.17. The van der Waals surface area contributed by atoms with Crippen molar-refractivity contribution < 1.29 is 0 Å². The molecule has 0 bridgehead atoms. The molecule has 0 spiro atoms. The van der Waals surface area contributed by atoms with Crippen molar-refractivity contribution in [2.75, 3.05) is 16.8 Å². The summed E-state index contributed by atoms with van der Waals surface area (Å²) in [6.45, 7) is 1.08. The van der Waals surface area contributed by atoms with Crippen molar-refractivity contribution in [3.8, 4) is 0 Å². The number of rotatable bonds is 5. The van der Waals surface area contributed by atoms with Gasteiger partial charge in [-0.05, 0) is 53.7 Å². The molecule has 20 heavy (non-hydrogen) atoms. The van der Waals surface area contributed by atoms with Crippen LogP contribution in [-0.4, -0.2) is 27.9 Å². The molecule has 5 heteroatoms. The Morgan fingerprint density at radius 3 is 2.85 bits per heavy atom. The SMILES string of the molecule is BrCCCN(c1ccnc2cc(Br)cnc12)C1CCC1. The first-order chi connectivity index (χ1) is 9.79. The number of nitrogens with zero attached hydrogens (tertiary/aromatic N) is 3. The Morgan fingerprint density at radius 1 is 1.30 bits per heavy atom. The Labute approximate surface area is 136 Å². The quantitative estimate of drug-likeness (QED) is 0.692. The standard InChI is InChI=1S/C15H17Br2N3/c16-6-2-8-20(12-3-1-4-12)14-5-7-18-13-9-11(17)10-19-15(13)14/h5,7,9-10,12H,1-4,6,8H2. The van der Waals surface area contributed by atoms with E-state index in [0.717, 1.165) is 33.8 Å². The maximum absolute atomic E-state index is 4.59. The maximum atomic E-state index is 4.59. The minimum atomic E-state index is 0.671. The Hall–Kier alpha value is -0.680. The first kappa shape index (κ1) is 14.3. The van der Waals surface area contributed by atoms with Crippen LogP contribution in [0.25, 0.3) is 11.0 Å². The fraction of sp³-hybridized carbons (Fsp3) is 0.467. The van der Waals surface area contributed by atoms with Crippen molar-refractivity contribution in [1.29, 1.82) is 0 Å². The minimum Gasteiger partial charge on any atom is -0.367 e. The third kappa shape index (κ3) is 2.84. The van der Waals surface area contributed by atoms with Crippen molar-refractivity contribution in [2.24, 2.45) is 0 Å². The first-order valence-electron chi connectivity index (χ1n) is 7.02. The van der Waals surface area contributed by atoms with Gasteiger partial charge in [-0.15, -0.1) is 0 Å². The lowest BCUT2D eigenvalue weighted by atomic mass is 9.91. The number of hydrogen-bond donors (Lipinski definition) is 0. The summed E-state index contributed by atoms with van der Waals surface area (Å²) >= 11 is 7.01. The Balaban J connectivity index is 2.00. The third-order valence-electron chi connectivity index (χ3n) is 3.88. The van der Waals surface area contributed by atoms with E-state index >= 15 is 0 Å². The molecular formula is C15H17Br2N3. The average molecular weight is 399 g/mol. The van der Waals surface area contributed by atoms with Crippen molar-refractivity contribution in [1.82, 2.24) is 9.97 Å². The number of halogens is 2. The molecule has 0 aliphatic heterocycles. The second-order valence-corrected chi connectivity index (χ2v) is 6.88. The summed E-state index contributed by atoms with van der Waals surface area (Å²) in [5, 5.41) is 1.04. The zero-order valence-electron chi connectivity index (χ0n) is 11.2. The van der Waals surface area contributed by atoms with Gasteiger partial charge in [0.2, 0.25) is 0 Å². The van der Waals surface area contributed by atoms with Gasteiger partial charge in [-0.1, -0.05) is 15.9 Å². The molecule has 0 N–H and O–H groups in total. The summed E-state index contributed by atoms with van der Waals surface area (Å²) in [6.07, 6.45) is 8.84. The zero-order chi connectivity index (χ0) is 13.9. The van der Waals surface area contributed by atoms with E-state index < -0.39 is 0 Å². The number of alkyl halides is 1. The van der Waals surface area contributed by atoms with Crippen LogP contribution >= 0.6 is 31.9 Å².